The van der Waals surface area contributed by atoms with E-state index in [0.29, 0.717) is 27.4 Å². The Morgan fingerprint density at radius 3 is 2.83 bits per heavy atom. The summed E-state index contributed by atoms with van der Waals surface area (Å²) in [5.41, 5.74) is 0.593. The van der Waals surface area contributed by atoms with Gasteiger partial charge in [0.2, 0.25) is 0 Å². The number of halogens is 1. The van der Waals surface area contributed by atoms with Gasteiger partial charge in [0.25, 0.3) is 5.91 Å². The number of nitrogens with zero attached hydrogens (tertiary/aromatic N) is 3. The Hall–Kier alpha value is -1.86. The second-order valence-corrected chi connectivity index (χ2v) is 7.57. The number of carbonyl (C=O) groups excluding carboxylic acids is 1. The van der Waals surface area contributed by atoms with E-state index in [9.17, 15) is 9.18 Å². The lowest BCUT2D eigenvalue weighted by Gasteiger charge is -2.49. The van der Waals surface area contributed by atoms with Crippen molar-refractivity contribution in [1.82, 2.24) is 20.2 Å². The smallest absolute Gasteiger partial charge is 0.263 e. The molecule has 7 heteroatoms. The predicted octanol–water partition coefficient (Wildman–Crippen LogP) is 2.56. The summed E-state index contributed by atoms with van der Waals surface area (Å²) in [5, 5.41) is 3.80. The standard InChI is InChI=1S/C17H19FN4OS/c1-10-15(11-2-4-22(10)5-3-11)21-16(23)14-9-20-17(24-14)12-6-13(18)8-19-7-12/h6-11,15H,2-5H2,1H3,(H,21,23). The van der Waals surface area contributed by atoms with Gasteiger partial charge in [-0.3, -0.25) is 14.7 Å². The first-order chi connectivity index (χ1) is 11.6. The van der Waals surface area contributed by atoms with Gasteiger partial charge in [-0.25, -0.2) is 9.37 Å². The predicted molar refractivity (Wildman–Crippen MR) is 90.3 cm³/mol. The molecule has 0 aromatic carbocycles. The highest BCUT2D eigenvalue weighted by molar-refractivity contribution is 7.16. The monoisotopic (exact) mass is 346 g/mol. The maximum Gasteiger partial charge on any atom is 0.263 e. The minimum Gasteiger partial charge on any atom is -0.347 e. The lowest BCUT2D eigenvalue weighted by atomic mass is 9.79. The van der Waals surface area contributed by atoms with E-state index >= 15 is 0 Å². The van der Waals surface area contributed by atoms with Crippen LogP contribution >= 0.6 is 11.3 Å². The number of hydrogen-bond acceptors (Lipinski definition) is 5. The molecule has 0 aliphatic carbocycles. The van der Waals surface area contributed by atoms with Gasteiger partial charge in [0.05, 0.1) is 12.4 Å². The Balaban J connectivity index is 1.49. The zero-order valence-corrected chi connectivity index (χ0v) is 14.2. The van der Waals surface area contributed by atoms with E-state index in [1.807, 2.05) is 0 Å². The highest BCUT2D eigenvalue weighted by Gasteiger charge is 2.40. The lowest BCUT2D eigenvalue weighted by molar-refractivity contribution is 0.0218. The van der Waals surface area contributed by atoms with Crippen LogP contribution in [0.2, 0.25) is 0 Å². The average Bonchev–Trinajstić information content (AvgIpc) is 3.09. The molecule has 2 atom stereocenters. The third-order valence-corrected chi connectivity index (χ3v) is 6.20. The van der Waals surface area contributed by atoms with Crippen LogP contribution in [0.1, 0.15) is 29.4 Å². The van der Waals surface area contributed by atoms with Crippen LogP contribution in [0.5, 0.6) is 0 Å². The van der Waals surface area contributed by atoms with Gasteiger partial charge >= 0.3 is 0 Å². The second-order valence-electron chi connectivity index (χ2n) is 6.53. The number of nitrogens with one attached hydrogen (secondary N) is 1. The van der Waals surface area contributed by atoms with Crippen LogP contribution in [0.15, 0.2) is 24.7 Å². The molecule has 2 bridgehead atoms. The molecule has 2 aromatic heterocycles. The van der Waals surface area contributed by atoms with Crippen molar-refractivity contribution < 1.29 is 9.18 Å². The van der Waals surface area contributed by atoms with E-state index in [0.717, 1.165) is 32.1 Å². The van der Waals surface area contributed by atoms with Crippen molar-refractivity contribution >= 4 is 17.2 Å². The molecule has 24 heavy (non-hydrogen) atoms. The number of fused-ring (bicyclic) bond motifs is 3. The molecular weight excluding hydrogens is 327 g/mol. The average molecular weight is 346 g/mol. The van der Waals surface area contributed by atoms with Gasteiger partial charge in [0.1, 0.15) is 15.7 Å². The van der Waals surface area contributed by atoms with Crippen molar-refractivity contribution in [3.63, 3.8) is 0 Å². The quantitative estimate of drug-likeness (QED) is 0.928. The van der Waals surface area contributed by atoms with E-state index in [2.05, 4.69) is 27.1 Å². The molecular formula is C17H19FN4OS. The van der Waals surface area contributed by atoms with E-state index in [1.54, 1.807) is 12.4 Å². The SMILES string of the molecule is CC1C(NC(=O)c2cnc(-c3cncc(F)c3)s2)C2CCN1CC2. The third-order valence-electron chi connectivity index (χ3n) is 5.16. The molecule has 1 amide bonds. The summed E-state index contributed by atoms with van der Waals surface area (Å²) in [6.07, 6.45) is 6.57. The maximum atomic E-state index is 13.3. The molecule has 3 saturated heterocycles. The molecule has 0 radical (unpaired) electrons. The fourth-order valence-electron chi connectivity index (χ4n) is 3.81. The summed E-state index contributed by atoms with van der Waals surface area (Å²) in [7, 11) is 0. The summed E-state index contributed by atoms with van der Waals surface area (Å²) in [6, 6.07) is 1.95. The molecule has 5 nitrogen and oxygen atoms in total. The van der Waals surface area contributed by atoms with Gasteiger partial charge in [-0.2, -0.15) is 0 Å². The first kappa shape index (κ1) is 15.7. The summed E-state index contributed by atoms with van der Waals surface area (Å²) in [5.74, 6) is 0.0669. The van der Waals surface area contributed by atoms with Crippen molar-refractivity contribution in [2.45, 2.75) is 31.8 Å². The highest BCUT2D eigenvalue weighted by Crippen LogP contribution is 2.32. The molecule has 0 saturated carbocycles. The summed E-state index contributed by atoms with van der Waals surface area (Å²) >= 11 is 1.27. The van der Waals surface area contributed by atoms with Crippen molar-refractivity contribution in [3.05, 3.63) is 35.4 Å². The molecule has 126 valence electrons. The number of piperidine rings is 3. The molecule has 0 spiro atoms. The number of amides is 1. The van der Waals surface area contributed by atoms with Gasteiger partial charge < -0.3 is 5.32 Å². The minimum atomic E-state index is -0.408. The Kier molecular flexibility index (Phi) is 4.05. The van der Waals surface area contributed by atoms with E-state index in [4.69, 9.17) is 0 Å². The van der Waals surface area contributed by atoms with E-state index < -0.39 is 5.82 Å². The molecule has 3 aliphatic rings. The van der Waals surface area contributed by atoms with Crippen molar-refractivity contribution in [1.29, 1.82) is 0 Å². The maximum absolute atomic E-state index is 13.3. The molecule has 5 heterocycles. The largest absolute Gasteiger partial charge is 0.347 e. The summed E-state index contributed by atoms with van der Waals surface area (Å²) in [6.45, 7) is 4.46. The topological polar surface area (TPSA) is 58.1 Å². The van der Waals surface area contributed by atoms with Crippen molar-refractivity contribution in [3.8, 4) is 10.6 Å². The van der Waals surface area contributed by atoms with Gasteiger partial charge in [-0.15, -0.1) is 11.3 Å². The van der Waals surface area contributed by atoms with Crippen LogP contribution in [-0.4, -0.2) is 45.9 Å². The van der Waals surface area contributed by atoms with Gasteiger partial charge in [0, 0.05) is 23.8 Å². The van der Waals surface area contributed by atoms with Crippen LogP contribution in [0.4, 0.5) is 4.39 Å². The fraction of sp³-hybridized carbons (Fsp3) is 0.471. The van der Waals surface area contributed by atoms with Crippen LogP contribution in [0.3, 0.4) is 0 Å². The summed E-state index contributed by atoms with van der Waals surface area (Å²) in [4.78, 5) is 23.7. The Bertz CT molecular complexity index is 755. The van der Waals surface area contributed by atoms with Crippen molar-refractivity contribution in [2.24, 2.45) is 5.92 Å². The summed E-state index contributed by atoms with van der Waals surface area (Å²) < 4.78 is 13.3. The Morgan fingerprint density at radius 1 is 1.33 bits per heavy atom. The zero-order valence-electron chi connectivity index (χ0n) is 13.4. The van der Waals surface area contributed by atoms with E-state index in [1.165, 1.54) is 17.4 Å². The Labute approximate surface area is 143 Å². The van der Waals surface area contributed by atoms with Crippen LogP contribution < -0.4 is 5.32 Å². The van der Waals surface area contributed by atoms with Crippen LogP contribution in [0.25, 0.3) is 10.6 Å². The van der Waals surface area contributed by atoms with Gasteiger partial charge in [-0.1, -0.05) is 0 Å². The lowest BCUT2D eigenvalue weighted by Crippen LogP contribution is -2.62. The van der Waals surface area contributed by atoms with E-state index in [-0.39, 0.29) is 11.9 Å². The molecule has 3 fully saturated rings. The second kappa shape index (κ2) is 6.22. The molecule has 1 N–H and O–H groups in total. The van der Waals surface area contributed by atoms with Crippen LogP contribution in [-0.2, 0) is 0 Å². The molecule has 5 rings (SSSR count). The number of pyridine rings is 1. The third kappa shape index (κ3) is 2.82. The minimum absolute atomic E-state index is 0.0892. The number of thiazole rings is 1. The fourth-order valence-corrected chi connectivity index (χ4v) is 4.61. The molecule has 3 aliphatic heterocycles. The molecule has 2 aromatic rings. The van der Waals surface area contributed by atoms with Gasteiger partial charge in [-0.05, 0) is 44.8 Å². The normalized spacial score (nSPS) is 28.8. The first-order valence-corrected chi connectivity index (χ1v) is 9.05. The number of aromatic nitrogens is 2. The highest BCUT2D eigenvalue weighted by atomic mass is 32.1. The van der Waals surface area contributed by atoms with Gasteiger partial charge in [0.15, 0.2) is 0 Å². The number of hydrogen-bond donors (Lipinski definition) is 1. The number of carbonyl (C=O) groups is 1. The molecule has 2 unspecified atom stereocenters. The number of rotatable bonds is 3. The van der Waals surface area contributed by atoms with Crippen molar-refractivity contribution in [2.75, 3.05) is 13.1 Å². The van der Waals surface area contributed by atoms with Crippen LogP contribution in [0, 0.1) is 11.7 Å². The Morgan fingerprint density at radius 2 is 2.12 bits per heavy atom. The first-order valence-electron chi connectivity index (χ1n) is 8.23. The zero-order chi connectivity index (χ0) is 16.7.